The zero-order valence-corrected chi connectivity index (χ0v) is 10.7. The van der Waals surface area contributed by atoms with Crippen LogP contribution in [-0.2, 0) is 4.79 Å². The van der Waals surface area contributed by atoms with Crippen LogP contribution < -0.4 is 11.1 Å². The van der Waals surface area contributed by atoms with E-state index in [0.29, 0.717) is 5.92 Å². The standard InChI is InChI=1S/C13H26N2O/c1-3-7-12(14)13(16)15-10(2)11-8-5-4-6-9-11/h10-12H,3-9,14H2,1-2H3,(H,15,16)/t10-,12-/m1/s1. The summed E-state index contributed by atoms with van der Waals surface area (Å²) in [7, 11) is 0. The second kappa shape index (κ2) is 6.89. The summed E-state index contributed by atoms with van der Waals surface area (Å²) in [5, 5.41) is 3.07. The minimum absolute atomic E-state index is 0.0277. The van der Waals surface area contributed by atoms with Crippen LogP contribution in [0, 0.1) is 5.92 Å². The van der Waals surface area contributed by atoms with E-state index in [1.54, 1.807) is 0 Å². The molecule has 0 aromatic rings. The lowest BCUT2D eigenvalue weighted by Crippen LogP contribution is -2.47. The van der Waals surface area contributed by atoms with Crippen molar-refractivity contribution >= 4 is 5.91 Å². The largest absolute Gasteiger partial charge is 0.352 e. The molecule has 0 radical (unpaired) electrons. The number of hydrogen-bond acceptors (Lipinski definition) is 2. The molecule has 3 heteroatoms. The minimum Gasteiger partial charge on any atom is -0.352 e. The van der Waals surface area contributed by atoms with Crippen molar-refractivity contribution in [3.63, 3.8) is 0 Å². The van der Waals surface area contributed by atoms with Crippen LogP contribution in [0.3, 0.4) is 0 Å². The van der Waals surface area contributed by atoms with Gasteiger partial charge in [-0.2, -0.15) is 0 Å². The van der Waals surface area contributed by atoms with Gasteiger partial charge in [-0.05, 0) is 32.1 Å². The molecule has 94 valence electrons. The molecule has 0 unspecified atom stereocenters. The molecular formula is C13H26N2O. The molecule has 1 aliphatic rings. The lowest BCUT2D eigenvalue weighted by atomic mass is 9.84. The zero-order chi connectivity index (χ0) is 12.0. The van der Waals surface area contributed by atoms with Crippen molar-refractivity contribution in [3.8, 4) is 0 Å². The second-order valence-corrected chi connectivity index (χ2v) is 5.09. The summed E-state index contributed by atoms with van der Waals surface area (Å²) < 4.78 is 0. The lowest BCUT2D eigenvalue weighted by molar-refractivity contribution is -0.123. The number of rotatable bonds is 5. The van der Waals surface area contributed by atoms with Crippen LogP contribution in [0.5, 0.6) is 0 Å². The highest BCUT2D eigenvalue weighted by Crippen LogP contribution is 2.26. The summed E-state index contributed by atoms with van der Waals surface area (Å²) in [5.74, 6) is 0.687. The predicted octanol–water partition coefficient (Wildman–Crippen LogP) is 2.20. The number of nitrogens with two attached hydrogens (primary N) is 1. The van der Waals surface area contributed by atoms with Crippen LogP contribution in [0.25, 0.3) is 0 Å². The predicted molar refractivity (Wildman–Crippen MR) is 67.1 cm³/mol. The number of hydrogen-bond donors (Lipinski definition) is 2. The Labute approximate surface area is 99.2 Å². The van der Waals surface area contributed by atoms with E-state index in [-0.39, 0.29) is 18.0 Å². The van der Waals surface area contributed by atoms with Gasteiger partial charge in [0.25, 0.3) is 0 Å². The van der Waals surface area contributed by atoms with Gasteiger partial charge in [-0.15, -0.1) is 0 Å². The van der Waals surface area contributed by atoms with Crippen LogP contribution in [0.2, 0.25) is 0 Å². The number of carbonyl (C=O) groups excluding carboxylic acids is 1. The Bertz CT molecular complexity index is 212. The highest BCUT2D eigenvalue weighted by Gasteiger charge is 2.23. The zero-order valence-electron chi connectivity index (χ0n) is 10.7. The van der Waals surface area contributed by atoms with Crippen LogP contribution in [-0.4, -0.2) is 18.0 Å². The van der Waals surface area contributed by atoms with Gasteiger partial charge in [-0.3, -0.25) is 4.79 Å². The fourth-order valence-electron chi connectivity index (χ4n) is 2.53. The molecule has 0 aromatic heterocycles. The third-order valence-corrected chi connectivity index (χ3v) is 3.66. The molecule has 3 N–H and O–H groups in total. The average molecular weight is 226 g/mol. The smallest absolute Gasteiger partial charge is 0.237 e. The Morgan fingerprint density at radius 3 is 2.56 bits per heavy atom. The highest BCUT2D eigenvalue weighted by molar-refractivity contribution is 5.81. The summed E-state index contributed by atoms with van der Waals surface area (Å²) in [6, 6.07) is -0.0354. The first-order valence-corrected chi connectivity index (χ1v) is 6.71. The number of carbonyl (C=O) groups is 1. The Morgan fingerprint density at radius 1 is 1.38 bits per heavy atom. The Hall–Kier alpha value is -0.570. The molecule has 1 rings (SSSR count). The van der Waals surface area contributed by atoms with Gasteiger partial charge in [0, 0.05) is 6.04 Å². The first-order chi connectivity index (χ1) is 7.65. The molecule has 0 aliphatic heterocycles. The van der Waals surface area contributed by atoms with Gasteiger partial charge in [0.1, 0.15) is 0 Å². The first kappa shape index (κ1) is 13.5. The van der Waals surface area contributed by atoms with E-state index < -0.39 is 0 Å². The normalized spacial score (nSPS) is 21.4. The Kier molecular flexibility index (Phi) is 5.81. The fraction of sp³-hybridized carbons (Fsp3) is 0.923. The number of nitrogens with one attached hydrogen (secondary N) is 1. The van der Waals surface area contributed by atoms with Crippen LogP contribution in [0.4, 0.5) is 0 Å². The molecule has 0 spiro atoms. The van der Waals surface area contributed by atoms with Crippen molar-refractivity contribution < 1.29 is 4.79 Å². The van der Waals surface area contributed by atoms with E-state index in [1.807, 2.05) is 0 Å². The minimum atomic E-state index is -0.323. The lowest BCUT2D eigenvalue weighted by Gasteiger charge is -2.29. The van der Waals surface area contributed by atoms with Crippen molar-refractivity contribution in [3.05, 3.63) is 0 Å². The summed E-state index contributed by atoms with van der Waals surface area (Å²) in [6.07, 6.45) is 8.23. The van der Waals surface area contributed by atoms with E-state index in [0.717, 1.165) is 12.8 Å². The summed E-state index contributed by atoms with van der Waals surface area (Å²) >= 11 is 0. The van der Waals surface area contributed by atoms with Gasteiger partial charge in [-0.25, -0.2) is 0 Å². The van der Waals surface area contributed by atoms with Gasteiger partial charge < -0.3 is 11.1 Å². The monoisotopic (exact) mass is 226 g/mol. The third kappa shape index (κ3) is 4.12. The molecular weight excluding hydrogens is 200 g/mol. The second-order valence-electron chi connectivity index (χ2n) is 5.09. The maximum Gasteiger partial charge on any atom is 0.237 e. The quantitative estimate of drug-likeness (QED) is 0.755. The van der Waals surface area contributed by atoms with Gasteiger partial charge in [-0.1, -0.05) is 32.6 Å². The fourth-order valence-corrected chi connectivity index (χ4v) is 2.53. The van der Waals surface area contributed by atoms with E-state index in [4.69, 9.17) is 5.73 Å². The molecule has 1 saturated carbocycles. The van der Waals surface area contributed by atoms with Crippen LogP contribution in [0.1, 0.15) is 58.8 Å². The van der Waals surface area contributed by atoms with Crippen molar-refractivity contribution in [2.24, 2.45) is 11.7 Å². The van der Waals surface area contributed by atoms with Gasteiger partial charge >= 0.3 is 0 Å². The maximum atomic E-state index is 11.7. The average Bonchev–Trinajstić information content (AvgIpc) is 2.30. The van der Waals surface area contributed by atoms with Gasteiger partial charge in [0.15, 0.2) is 0 Å². The van der Waals surface area contributed by atoms with Crippen molar-refractivity contribution in [2.45, 2.75) is 70.9 Å². The molecule has 0 heterocycles. The molecule has 0 saturated heterocycles. The maximum absolute atomic E-state index is 11.7. The molecule has 16 heavy (non-hydrogen) atoms. The van der Waals surface area contributed by atoms with Crippen molar-refractivity contribution in [1.82, 2.24) is 5.32 Å². The van der Waals surface area contributed by atoms with Crippen LogP contribution >= 0.6 is 0 Å². The summed E-state index contributed by atoms with van der Waals surface area (Å²) in [5.41, 5.74) is 5.79. The Balaban J connectivity index is 2.31. The van der Waals surface area contributed by atoms with Crippen molar-refractivity contribution in [1.29, 1.82) is 0 Å². The topological polar surface area (TPSA) is 55.1 Å². The molecule has 2 atom stereocenters. The molecule has 3 nitrogen and oxygen atoms in total. The Morgan fingerprint density at radius 2 is 2.00 bits per heavy atom. The van der Waals surface area contributed by atoms with E-state index in [2.05, 4.69) is 19.2 Å². The molecule has 0 bridgehead atoms. The highest BCUT2D eigenvalue weighted by atomic mass is 16.2. The summed E-state index contributed by atoms with van der Waals surface area (Å²) in [4.78, 5) is 11.7. The van der Waals surface area contributed by atoms with E-state index >= 15 is 0 Å². The summed E-state index contributed by atoms with van der Waals surface area (Å²) in [6.45, 7) is 4.17. The van der Waals surface area contributed by atoms with Crippen molar-refractivity contribution in [2.75, 3.05) is 0 Å². The molecule has 1 amide bonds. The van der Waals surface area contributed by atoms with Gasteiger partial charge in [0.05, 0.1) is 6.04 Å². The molecule has 1 fully saturated rings. The van der Waals surface area contributed by atoms with E-state index in [1.165, 1.54) is 32.1 Å². The van der Waals surface area contributed by atoms with Gasteiger partial charge in [0.2, 0.25) is 5.91 Å². The third-order valence-electron chi connectivity index (χ3n) is 3.66. The first-order valence-electron chi connectivity index (χ1n) is 6.71. The van der Waals surface area contributed by atoms with E-state index in [9.17, 15) is 4.79 Å². The molecule has 1 aliphatic carbocycles. The molecule has 0 aromatic carbocycles. The number of amides is 1. The SMILES string of the molecule is CCC[C@@H](N)C(=O)N[C@H](C)C1CCCCC1. The van der Waals surface area contributed by atoms with Crippen LogP contribution in [0.15, 0.2) is 0 Å².